The van der Waals surface area contributed by atoms with E-state index in [-0.39, 0.29) is 5.91 Å². The number of nitrogens with one attached hydrogen (secondary N) is 2. The number of rotatable bonds is 5. The third-order valence-corrected chi connectivity index (χ3v) is 4.00. The molecule has 2 rings (SSSR count). The first-order valence-corrected chi connectivity index (χ1v) is 7.83. The number of alkyl halides is 3. The molecule has 1 aromatic carbocycles. The van der Waals surface area contributed by atoms with Crippen molar-refractivity contribution in [2.45, 2.75) is 19.5 Å². The number of carbonyl (C=O) groups excluding carboxylic acids is 1. The molecule has 0 bridgehead atoms. The number of amides is 1. The highest BCUT2D eigenvalue weighted by Crippen LogP contribution is 2.29. The molecule has 1 aromatic heterocycles. The van der Waals surface area contributed by atoms with Crippen molar-refractivity contribution in [3.05, 3.63) is 52.1 Å². The van der Waals surface area contributed by atoms with Crippen LogP contribution in [0.5, 0.6) is 0 Å². The molecule has 0 spiro atoms. The van der Waals surface area contributed by atoms with Gasteiger partial charge in [-0.2, -0.15) is 18.3 Å². The molecule has 0 fully saturated rings. The summed E-state index contributed by atoms with van der Waals surface area (Å²) < 4.78 is 39.8. The van der Waals surface area contributed by atoms with Crippen LogP contribution in [0.25, 0.3) is 5.57 Å². The molecule has 0 radical (unpaired) electrons. The molecule has 1 heterocycles. The summed E-state index contributed by atoms with van der Waals surface area (Å²) in [5, 5.41) is 9.40. The van der Waals surface area contributed by atoms with Gasteiger partial charge in [-0.15, -0.1) is 0 Å². The summed E-state index contributed by atoms with van der Waals surface area (Å²) in [5.41, 5.74) is 0.406. The van der Waals surface area contributed by atoms with Gasteiger partial charge >= 0.3 is 6.18 Å². The van der Waals surface area contributed by atoms with Crippen LogP contribution in [0.15, 0.2) is 30.3 Å². The number of hydrogen-bond acceptors (Lipinski definition) is 3. The van der Waals surface area contributed by atoms with Gasteiger partial charge in [0.15, 0.2) is 4.77 Å². The quantitative estimate of drug-likeness (QED) is 0.627. The van der Waals surface area contributed by atoms with Crippen LogP contribution in [0.4, 0.5) is 13.2 Å². The molecule has 0 aliphatic rings. The fourth-order valence-electron chi connectivity index (χ4n) is 2.15. The molecular weight excluding hydrogens is 353 g/mol. The van der Waals surface area contributed by atoms with Gasteiger partial charge in [-0.25, -0.2) is 0 Å². The molecule has 134 valence electrons. The number of aromatic amines is 1. The van der Waals surface area contributed by atoms with E-state index in [1.54, 1.807) is 18.5 Å². The number of carbonyl (C=O) groups is 1. The summed E-state index contributed by atoms with van der Waals surface area (Å²) in [4.78, 5) is 11.9. The van der Waals surface area contributed by atoms with Crippen LogP contribution in [0.3, 0.4) is 0 Å². The summed E-state index contributed by atoms with van der Waals surface area (Å²) in [7, 11) is 1.78. The normalized spacial score (nSPS) is 12.3. The number of nitrogens with zero attached hydrogens (tertiary/aromatic N) is 2. The Morgan fingerprint density at radius 3 is 2.52 bits per heavy atom. The highest BCUT2D eigenvalue weighted by atomic mass is 32.1. The summed E-state index contributed by atoms with van der Waals surface area (Å²) in [6, 6.07) is 4.68. The number of allylic oxidation sites excluding steroid dienone is 1. The molecule has 2 aromatic rings. The van der Waals surface area contributed by atoms with E-state index in [0.29, 0.717) is 34.7 Å². The zero-order chi connectivity index (χ0) is 18.6. The van der Waals surface area contributed by atoms with E-state index in [0.717, 1.165) is 12.1 Å². The average Bonchev–Trinajstić information content (AvgIpc) is 2.86. The Morgan fingerprint density at radius 2 is 2.00 bits per heavy atom. The lowest BCUT2D eigenvalue weighted by atomic mass is 10.0. The van der Waals surface area contributed by atoms with E-state index < -0.39 is 11.7 Å². The maximum atomic E-state index is 12.5. The summed E-state index contributed by atoms with van der Waals surface area (Å²) in [6.07, 6.45) is -2.52. The standard InChI is InChI=1S/C16H17F3N4OS/c1-10(11-3-5-12(6-4-11)16(17,18)19)9-14(24)20-8-7-13-21-22-15(25)23(13)2/h3-6,9H,7-8H2,1-2H3,(H,20,24)(H,22,25). The Hall–Kier alpha value is -2.42. The van der Waals surface area contributed by atoms with Crippen molar-refractivity contribution in [2.75, 3.05) is 6.54 Å². The van der Waals surface area contributed by atoms with E-state index in [1.807, 2.05) is 0 Å². The van der Waals surface area contributed by atoms with Crippen molar-refractivity contribution in [2.24, 2.45) is 7.05 Å². The SMILES string of the molecule is CC(=CC(=O)NCCc1n[nH]c(=S)n1C)c1ccc(C(F)(F)F)cc1. The minimum atomic E-state index is -4.37. The predicted molar refractivity (Wildman–Crippen MR) is 90.2 cm³/mol. The molecule has 0 aliphatic heterocycles. The highest BCUT2D eigenvalue weighted by Gasteiger charge is 2.29. The average molecular weight is 370 g/mol. The Bertz CT molecular complexity index is 834. The molecule has 5 nitrogen and oxygen atoms in total. The molecule has 0 saturated carbocycles. The van der Waals surface area contributed by atoms with E-state index >= 15 is 0 Å². The Labute approximate surface area is 147 Å². The Morgan fingerprint density at radius 1 is 1.36 bits per heavy atom. The van der Waals surface area contributed by atoms with Gasteiger partial charge in [-0.05, 0) is 42.4 Å². The van der Waals surface area contributed by atoms with Gasteiger partial charge < -0.3 is 9.88 Å². The van der Waals surface area contributed by atoms with Gasteiger partial charge in [0.05, 0.1) is 5.56 Å². The zero-order valence-corrected chi connectivity index (χ0v) is 14.5. The smallest absolute Gasteiger partial charge is 0.352 e. The number of hydrogen-bond donors (Lipinski definition) is 2. The summed E-state index contributed by atoms with van der Waals surface area (Å²) >= 11 is 5.00. The monoisotopic (exact) mass is 370 g/mol. The molecular formula is C16H17F3N4OS. The second-order valence-corrected chi connectivity index (χ2v) is 5.83. The molecule has 25 heavy (non-hydrogen) atoms. The minimum Gasteiger partial charge on any atom is -0.352 e. The Balaban J connectivity index is 1.93. The predicted octanol–water partition coefficient (Wildman–Crippen LogP) is 3.26. The topological polar surface area (TPSA) is 62.7 Å². The van der Waals surface area contributed by atoms with Crippen LogP contribution < -0.4 is 5.32 Å². The van der Waals surface area contributed by atoms with Crippen molar-refractivity contribution in [3.8, 4) is 0 Å². The van der Waals surface area contributed by atoms with Crippen LogP contribution in [0.1, 0.15) is 23.9 Å². The van der Waals surface area contributed by atoms with Crippen LogP contribution in [0, 0.1) is 4.77 Å². The number of aromatic nitrogens is 3. The summed E-state index contributed by atoms with van der Waals surface area (Å²) in [6.45, 7) is 2.03. The van der Waals surface area contributed by atoms with Gasteiger partial charge in [0, 0.05) is 26.1 Å². The van der Waals surface area contributed by atoms with E-state index in [4.69, 9.17) is 12.2 Å². The van der Waals surface area contributed by atoms with Gasteiger partial charge in [0.1, 0.15) is 5.82 Å². The van der Waals surface area contributed by atoms with Crippen LogP contribution in [0.2, 0.25) is 0 Å². The van der Waals surface area contributed by atoms with Crippen molar-refractivity contribution >= 4 is 23.7 Å². The van der Waals surface area contributed by atoms with Crippen molar-refractivity contribution in [3.63, 3.8) is 0 Å². The van der Waals surface area contributed by atoms with Crippen LogP contribution >= 0.6 is 12.2 Å². The highest BCUT2D eigenvalue weighted by molar-refractivity contribution is 7.71. The van der Waals surface area contributed by atoms with Gasteiger partial charge in [0.25, 0.3) is 0 Å². The third-order valence-electron chi connectivity index (χ3n) is 3.64. The second kappa shape index (κ2) is 7.64. The maximum absolute atomic E-state index is 12.5. The van der Waals surface area contributed by atoms with E-state index in [9.17, 15) is 18.0 Å². The maximum Gasteiger partial charge on any atom is 0.416 e. The third kappa shape index (κ3) is 5.02. The molecule has 2 N–H and O–H groups in total. The van der Waals surface area contributed by atoms with Gasteiger partial charge in [0.2, 0.25) is 5.91 Å². The number of halogens is 3. The lowest BCUT2D eigenvalue weighted by Gasteiger charge is -2.08. The van der Waals surface area contributed by atoms with Crippen LogP contribution in [-0.2, 0) is 24.4 Å². The fraction of sp³-hybridized carbons (Fsp3) is 0.312. The molecule has 0 aliphatic carbocycles. The molecule has 9 heteroatoms. The second-order valence-electron chi connectivity index (χ2n) is 5.45. The minimum absolute atomic E-state index is 0.325. The summed E-state index contributed by atoms with van der Waals surface area (Å²) in [5.74, 6) is 0.392. The molecule has 0 unspecified atom stereocenters. The first-order valence-electron chi connectivity index (χ1n) is 7.42. The van der Waals surface area contributed by atoms with Crippen LogP contribution in [-0.4, -0.2) is 27.2 Å². The van der Waals surface area contributed by atoms with E-state index in [1.165, 1.54) is 18.2 Å². The van der Waals surface area contributed by atoms with Crippen molar-refractivity contribution in [1.82, 2.24) is 20.1 Å². The number of H-pyrrole nitrogens is 1. The van der Waals surface area contributed by atoms with Crippen molar-refractivity contribution in [1.29, 1.82) is 0 Å². The lowest BCUT2D eigenvalue weighted by Crippen LogP contribution is -2.24. The van der Waals surface area contributed by atoms with Gasteiger partial charge in [-0.3, -0.25) is 9.89 Å². The lowest BCUT2D eigenvalue weighted by molar-refractivity contribution is -0.137. The molecule has 1 amide bonds. The van der Waals surface area contributed by atoms with Gasteiger partial charge in [-0.1, -0.05) is 12.1 Å². The van der Waals surface area contributed by atoms with E-state index in [2.05, 4.69) is 15.5 Å². The fourth-order valence-corrected chi connectivity index (χ4v) is 2.30. The first-order chi connectivity index (χ1) is 11.7. The first kappa shape index (κ1) is 18.9. The largest absolute Gasteiger partial charge is 0.416 e. The van der Waals surface area contributed by atoms with Crippen molar-refractivity contribution < 1.29 is 18.0 Å². The number of benzene rings is 1. The Kier molecular flexibility index (Phi) is 5.78. The molecule has 0 atom stereocenters. The zero-order valence-electron chi connectivity index (χ0n) is 13.6. The molecule has 0 saturated heterocycles.